The summed E-state index contributed by atoms with van der Waals surface area (Å²) in [7, 11) is -0.553. The topological polar surface area (TPSA) is 116 Å². The second-order valence-corrected chi connectivity index (χ2v) is 9.27. The number of urea groups is 1. The van der Waals surface area contributed by atoms with Crippen LogP contribution in [0.5, 0.6) is 0 Å². The number of carbonyl (C=O) groups excluding carboxylic acids is 1. The van der Waals surface area contributed by atoms with Crippen molar-refractivity contribution in [2.45, 2.75) is 43.7 Å². The van der Waals surface area contributed by atoms with E-state index in [0.717, 1.165) is 36.2 Å². The van der Waals surface area contributed by atoms with Crippen LogP contribution in [0.3, 0.4) is 0 Å². The fourth-order valence-corrected chi connectivity index (χ4v) is 4.72. The van der Waals surface area contributed by atoms with Gasteiger partial charge in [0.25, 0.3) is 0 Å². The van der Waals surface area contributed by atoms with Gasteiger partial charge in [-0.3, -0.25) is 0 Å². The zero-order valence-electron chi connectivity index (χ0n) is 15.4. The number of carbonyl (C=O) groups is 1. The molecule has 11 heteroatoms. The molecule has 150 valence electrons. The molecule has 10 nitrogen and oxygen atoms in total. The number of aromatic nitrogens is 1. The van der Waals surface area contributed by atoms with Crippen molar-refractivity contribution in [3.05, 3.63) is 17.5 Å². The molecule has 3 aliphatic heterocycles. The molecule has 3 fully saturated rings. The molecule has 0 saturated carbocycles. The van der Waals surface area contributed by atoms with Crippen LogP contribution in [0, 0.1) is 0 Å². The summed E-state index contributed by atoms with van der Waals surface area (Å²) in [6.07, 6.45) is 3.19. The first-order valence-corrected chi connectivity index (χ1v) is 10.5. The predicted molar refractivity (Wildman–Crippen MR) is 90.8 cm³/mol. The van der Waals surface area contributed by atoms with E-state index in [0.29, 0.717) is 36.1 Å². The summed E-state index contributed by atoms with van der Waals surface area (Å²) in [5.74, 6) is 1.17. The standard InChI is InChI=1S/C16H24N4O6S/c1-20(2)7-5-11(6-8-20)15-9-13(17-25-15)14-4-3-12-10-18(14)16(21)19(12)26-27(22,23)24/h9,11-12,14H,3-8,10H2,1-2H3/t12-,14-/m1/s1. The van der Waals surface area contributed by atoms with E-state index in [2.05, 4.69) is 23.5 Å². The highest BCUT2D eigenvalue weighted by atomic mass is 32.3. The zero-order valence-corrected chi connectivity index (χ0v) is 16.2. The largest absolute Gasteiger partial charge is 0.724 e. The zero-order chi connectivity index (χ0) is 19.4. The van der Waals surface area contributed by atoms with Gasteiger partial charge in [-0.15, -0.1) is 0 Å². The molecule has 0 aromatic carbocycles. The van der Waals surface area contributed by atoms with E-state index in [1.165, 1.54) is 4.90 Å². The Bertz CT molecular complexity index is 828. The Morgan fingerprint density at radius 3 is 2.63 bits per heavy atom. The van der Waals surface area contributed by atoms with Gasteiger partial charge in [-0.25, -0.2) is 13.2 Å². The number of nitrogens with zero attached hydrogens (tertiary/aromatic N) is 4. The minimum atomic E-state index is -4.99. The van der Waals surface area contributed by atoms with Crippen molar-refractivity contribution in [2.75, 3.05) is 33.7 Å². The summed E-state index contributed by atoms with van der Waals surface area (Å²) in [6, 6.07) is 0.553. The lowest BCUT2D eigenvalue weighted by molar-refractivity contribution is -0.895. The number of fused-ring (bicyclic) bond motifs is 2. The van der Waals surface area contributed by atoms with Crippen molar-refractivity contribution < 1.29 is 31.1 Å². The number of rotatable bonds is 4. The monoisotopic (exact) mass is 400 g/mol. The van der Waals surface area contributed by atoms with Crippen LogP contribution >= 0.6 is 0 Å². The summed E-state index contributed by atoms with van der Waals surface area (Å²) in [5.41, 5.74) is 0.669. The van der Waals surface area contributed by atoms with E-state index >= 15 is 0 Å². The first kappa shape index (κ1) is 18.7. The maximum atomic E-state index is 12.5. The predicted octanol–water partition coefficient (Wildman–Crippen LogP) is 0.961. The Morgan fingerprint density at radius 2 is 1.96 bits per heavy atom. The van der Waals surface area contributed by atoms with Crippen molar-refractivity contribution >= 4 is 16.4 Å². The Hall–Kier alpha value is -1.69. The van der Waals surface area contributed by atoms with E-state index in [1.807, 2.05) is 6.07 Å². The van der Waals surface area contributed by atoms with Crippen LogP contribution in [0.25, 0.3) is 0 Å². The van der Waals surface area contributed by atoms with Gasteiger partial charge >= 0.3 is 6.03 Å². The Balaban J connectivity index is 1.48. The van der Waals surface area contributed by atoms with Gasteiger partial charge in [-0.05, 0) is 12.8 Å². The van der Waals surface area contributed by atoms with Crippen LogP contribution in [0.4, 0.5) is 4.79 Å². The first-order valence-electron chi connectivity index (χ1n) is 9.17. The second kappa shape index (κ2) is 6.43. The number of quaternary nitrogens is 1. The summed E-state index contributed by atoms with van der Waals surface area (Å²) in [6.45, 7) is 2.45. The molecule has 1 aromatic rings. The molecule has 4 rings (SSSR count). The molecule has 3 aliphatic rings. The third-order valence-electron chi connectivity index (χ3n) is 5.95. The first-order chi connectivity index (χ1) is 12.6. The summed E-state index contributed by atoms with van der Waals surface area (Å²) in [4.78, 5) is 14.0. The van der Waals surface area contributed by atoms with Gasteiger partial charge in [0.2, 0.25) is 10.4 Å². The average molecular weight is 400 g/mol. The van der Waals surface area contributed by atoms with Gasteiger partial charge < -0.3 is 18.5 Å². The Kier molecular flexibility index (Phi) is 4.45. The maximum absolute atomic E-state index is 12.5. The van der Waals surface area contributed by atoms with Crippen LogP contribution in [0.2, 0.25) is 0 Å². The van der Waals surface area contributed by atoms with Crippen LogP contribution in [0.1, 0.15) is 49.1 Å². The molecule has 0 unspecified atom stereocenters. The van der Waals surface area contributed by atoms with Gasteiger partial charge in [0.1, 0.15) is 11.5 Å². The molecule has 2 bridgehead atoms. The summed E-state index contributed by atoms with van der Waals surface area (Å²) < 4.78 is 43.6. The fourth-order valence-electron chi connectivity index (χ4n) is 4.34. The highest BCUT2D eigenvalue weighted by Gasteiger charge is 2.48. The van der Waals surface area contributed by atoms with Crippen LogP contribution in [0.15, 0.2) is 10.6 Å². The van der Waals surface area contributed by atoms with Crippen molar-refractivity contribution in [1.29, 1.82) is 0 Å². The van der Waals surface area contributed by atoms with Gasteiger partial charge in [0, 0.05) is 31.4 Å². The van der Waals surface area contributed by atoms with Gasteiger partial charge in [0.05, 0.1) is 39.3 Å². The van der Waals surface area contributed by atoms with E-state index in [-0.39, 0.29) is 6.04 Å². The second-order valence-electron chi connectivity index (χ2n) is 8.30. The lowest BCUT2D eigenvalue weighted by Gasteiger charge is -2.36. The third kappa shape index (κ3) is 3.68. The van der Waals surface area contributed by atoms with Crippen LogP contribution < -0.4 is 0 Å². The van der Waals surface area contributed by atoms with Gasteiger partial charge in [-0.1, -0.05) is 5.16 Å². The molecule has 0 N–H and O–H groups in total. The quantitative estimate of drug-likeness (QED) is 0.420. The Labute approximate surface area is 158 Å². The highest BCUT2D eigenvalue weighted by molar-refractivity contribution is 7.80. The molecule has 0 aliphatic carbocycles. The fraction of sp³-hybridized carbons (Fsp3) is 0.750. The molecule has 4 heterocycles. The van der Waals surface area contributed by atoms with Gasteiger partial charge in [0.15, 0.2) is 0 Å². The Morgan fingerprint density at radius 1 is 1.26 bits per heavy atom. The SMILES string of the molecule is C[N+]1(C)CCC(c2cc([C@H]3CC[C@@H]4CN3C(=O)N4OS(=O)(=O)[O-])no2)CC1. The van der Waals surface area contributed by atoms with E-state index < -0.39 is 22.5 Å². The van der Waals surface area contributed by atoms with E-state index in [1.54, 1.807) is 0 Å². The number of hydrogen-bond donors (Lipinski definition) is 0. The van der Waals surface area contributed by atoms with Crippen molar-refractivity contribution in [1.82, 2.24) is 15.1 Å². The number of amides is 2. The molecule has 2 amide bonds. The average Bonchev–Trinajstić information content (AvgIpc) is 3.15. The summed E-state index contributed by atoms with van der Waals surface area (Å²) in [5, 5.41) is 4.87. The van der Waals surface area contributed by atoms with E-state index in [9.17, 15) is 17.8 Å². The minimum Gasteiger partial charge on any atom is -0.724 e. The molecule has 3 saturated heterocycles. The molecular weight excluding hydrogens is 376 g/mol. The van der Waals surface area contributed by atoms with Crippen molar-refractivity contribution in [2.24, 2.45) is 0 Å². The molecule has 0 spiro atoms. The maximum Gasteiger partial charge on any atom is 0.346 e. The third-order valence-corrected chi connectivity index (χ3v) is 6.29. The van der Waals surface area contributed by atoms with Gasteiger partial charge in [-0.2, -0.15) is 9.35 Å². The number of piperidine rings is 2. The van der Waals surface area contributed by atoms with Crippen LogP contribution in [-0.2, 0) is 14.7 Å². The summed E-state index contributed by atoms with van der Waals surface area (Å²) >= 11 is 0. The van der Waals surface area contributed by atoms with Crippen LogP contribution in [-0.4, -0.2) is 78.4 Å². The smallest absolute Gasteiger partial charge is 0.346 e. The van der Waals surface area contributed by atoms with Crippen molar-refractivity contribution in [3.63, 3.8) is 0 Å². The van der Waals surface area contributed by atoms with Crippen molar-refractivity contribution in [3.8, 4) is 0 Å². The number of hydroxylamine groups is 2. The lowest BCUT2D eigenvalue weighted by Crippen LogP contribution is -2.45. The highest BCUT2D eigenvalue weighted by Crippen LogP contribution is 2.39. The molecule has 0 radical (unpaired) electrons. The van der Waals surface area contributed by atoms with E-state index in [4.69, 9.17) is 4.52 Å². The lowest BCUT2D eigenvalue weighted by atomic mass is 9.92. The molecule has 1 aromatic heterocycles. The number of likely N-dealkylation sites (tertiary alicyclic amines) is 1. The molecular formula is C16H24N4O6S. The molecule has 27 heavy (non-hydrogen) atoms. The number of hydrogen-bond acceptors (Lipinski definition) is 7. The minimum absolute atomic E-state index is 0.301. The normalized spacial score (nSPS) is 28.8. The molecule has 2 atom stereocenters.